The van der Waals surface area contributed by atoms with Crippen molar-refractivity contribution < 1.29 is 14.6 Å². The molecule has 1 heterocycles. The topological polar surface area (TPSA) is 49.8 Å². The van der Waals surface area contributed by atoms with Crippen LogP contribution in [-0.4, -0.2) is 41.7 Å². The first kappa shape index (κ1) is 15.1. The van der Waals surface area contributed by atoms with E-state index in [2.05, 4.69) is 0 Å². The number of amides is 1. The Balaban J connectivity index is 2.20. The van der Waals surface area contributed by atoms with Crippen molar-refractivity contribution >= 4 is 17.5 Å². The van der Waals surface area contributed by atoms with Gasteiger partial charge >= 0.3 is 0 Å². The highest BCUT2D eigenvalue weighted by Crippen LogP contribution is 2.26. The van der Waals surface area contributed by atoms with Crippen LogP contribution in [0.1, 0.15) is 36.5 Å². The molecule has 1 N–H and O–H groups in total. The minimum absolute atomic E-state index is 0.127. The van der Waals surface area contributed by atoms with Gasteiger partial charge in [-0.15, -0.1) is 0 Å². The van der Waals surface area contributed by atoms with Crippen LogP contribution in [0.3, 0.4) is 0 Å². The molecule has 0 aliphatic carbocycles. The summed E-state index contributed by atoms with van der Waals surface area (Å²) >= 11 is 5.99. The van der Waals surface area contributed by atoms with Crippen LogP contribution < -0.4 is 4.74 Å². The Labute approximate surface area is 124 Å². The molecule has 0 radical (unpaired) electrons. The number of hydrogen-bond acceptors (Lipinski definition) is 3. The van der Waals surface area contributed by atoms with Crippen LogP contribution >= 0.6 is 11.6 Å². The average molecular weight is 298 g/mol. The van der Waals surface area contributed by atoms with Gasteiger partial charge in [-0.1, -0.05) is 18.5 Å². The zero-order chi connectivity index (χ0) is 14.5. The van der Waals surface area contributed by atoms with Gasteiger partial charge in [0, 0.05) is 18.1 Å². The number of carbonyl (C=O) groups is 1. The SMILES string of the molecule is CCCOc1ccc(Cl)cc1C(=O)N1CCC[C@@H](O)C1. The van der Waals surface area contributed by atoms with E-state index in [0.29, 0.717) is 36.0 Å². The van der Waals surface area contributed by atoms with E-state index in [1.165, 1.54) is 0 Å². The number of piperidine rings is 1. The molecule has 1 amide bonds. The van der Waals surface area contributed by atoms with Crippen molar-refractivity contribution in [3.63, 3.8) is 0 Å². The third-order valence-electron chi connectivity index (χ3n) is 3.32. The summed E-state index contributed by atoms with van der Waals surface area (Å²) in [6, 6.07) is 5.08. The largest absolute Gasteiger partial charge is 0.493 e. The molecule has 1 aliphatic rings. The maximum absolute atomic E-state index is 12.6. The van der Waals surface area contributed by atoms with E-state index >= 15 is 0 Å². The van der Waals surface area contributed by atoms with Crippen molar-refractivity contribution in [2.45, 2.75) is 32.3 Å². The number of nitrogens with zero attached hydrogens (tertiary/aromatic N) is 1. The minimum atomic E-state index is -0.438. The molecule has 0 spiro atoms. The lowest BCUT2D eigenvalue weighted by Gasteiger charge is -2.30. The molecule has 1 aromatic rings. The van der Waals surface area contributed by atoms with Crippen LogP contribution in [0.25, 0.3) is 0 Å². The lowest BCUT2D eigenvalue weighted by atomic mass is 10.1. The van der Waals surface area contributed by atoms with Crippen LogP contribution in [-0.2, 0) is 0 Å². The smallest absolute Gasteiger partial charge is 0.257 e. The number of ether oxygens (including phenoxy) is 1. The number of rotatable bonds is 4. The number of carbonyl (C=O) groups excluding carboxylic acids is 1. The van der Waals surface area contributed by atoms with E-state index in [9.17, 15) is 9.90 Å². The van der Waals surface area contributed by atoms with E-state index in [-0.39, 0.29) is 5.91 Å². The van der Waals surface area contributed by atoms with Crippen molar-refractivity contribution in [1.82, 2.24) is 4.90 Å². The first-order valence-electron chi connectivity index (χ1n) is 7.01. The first-order chi connectivity index (χ1) is 9.61. The van der Waals surface area contributed by atoms with Crippen molar-refractivity contribution in [2.24, 2.45) is 0 Å². The second kappa shape index (κ2) is 6.95. The summed E-state index contributed by atoms with van der Waals surface area (Å²) in [4.78, 5) is 14.2. The molecule has 0 bridgehead atoms. The molecule has 1 fully saturated rings. The van der Waals surface area contributed by atoms with Crippen LogP contribution in [0.15, 0.2) is 18.2 Å². The van der Waals surface area contributed by atoms with Gasteiger partial charge in [0.1, 0.15) is 5.75 Å². The number of likely N-dealkylation sites (tertiary alicyclic amines) is 1. The molecular formula is C15H20ClNO3. The standard InChI is InChI=1S/C15H20ClNO3/c1-2-8-20-14-6-5-11(16)9-13(14)15(19)17-7-3-4-12(18)10-17/h5-6,9,12,18H,2-4,7-8,10H2,1H3/t12-/m1/s1. The Morgan fingerprint density at radius 2 is 2.35 bits per heavy atom. The van der Waals surface area contributed by atoms with E-state index in [1.807, 2.05) is 6.92 Å². The second-order valence-corrected chi connectivity index (χ2v) is 5.47. The van der Waals surface area contributed by atoms with E-state index in [0.717, 1.165) is 19.3 Å². The summed E-state index contributed by atoms with van der Waals surface area (Å²) in [5.74, 6) is 0.429. The fourth-order valence-electron chi connectivity index (χ4n) is 2.32. The molecule has 0 unspecified atom stereocenters. The fraction of sp³-hybridized carbons (Fsp3) is 0.533. The molecule has 20 heavy (non-hydrogen) atoms. The molecule has 1 saturated heterocycles. The van der Waals surface area contributed by atoms with Crippen LogP contribution in [0.5, 0.6) is 5.75 Å². The van der Waals surface area contributed by atoms with E-state index in [4.69, 9.17) is 16.3 Å². The molecule has 4 nitrogen and oxygen atoms in total. The number of hydrogen-bond donors (Lipinski definition) is 1. The van der Waals surface area contributed by atoms with Gasteiger partial charge < -0.3 is 14.7 Å². The Bertz CT molecular complexity index is 478. The number of β-amino-alcohol motifs (C(OH)–C–C–N with tert-alkyl or cyclic N) is 1. The van der Waals surface area contributed by atoms with Crippen molar-refractivity contribution in [2.75, 3.05) is 19.7 Å². The molecule has 1 atom stereocenters. The fourth-order valence-corrected chi connectivity index (χ4v) is 2.49. The Hall–Kier alpha value is -1.26. The van der Waals surface area contributed by atoms with E-state index < -0.39 is 6.10 Å². The molecule has 0 aromatic heterocycles. The predicted molar refractivity (Wildman–Crippen MR) is 78.4 cm³/mol. The summed E-state index contributed by atoms with van der Waals surface area (Å²) in [5, 5.41) is 10.2. The normalized spacial score (nSPS) is 18.9. The third-order valence-corrected chi connectivity index (χ3v) is 3.55. The number of aliphatic hydroxyl groups excluding tert-OH is 1. The molecule has 1 aliphatic heterocycles. The first-order valence-corrected chi connectivity index (χ1v) is 7.39. The van der Waals surface area contributed by atoms with Crippen LogP contribution in [0, 0.1) is 0 Å². The molecular weight excluding hydrogens is 278 g/mol. The van der Waals surface area contributed by atoms with Crippen molar-refractivity contribution in [3.8, 4) is 5.75 Å². The summed E-state index contributed by atoms with van der Waals surface area (Å²) in [5.41, 5.74) is 0.472. The van der Waals surface area contributed by atoms with Crippen LogP contribution in [0.4, 0.5) is 0 Å². The van der Waals surface area contributed by atoms with Gasteiger partial charge in [-0.2, -0.15) is 0 Å². The molecule has 1 aromatic carbocycles. The summed E-state index contributed by atoms with van der Waals surface area (Å²) < 4.78 is 5.61. The monoisotopic (exact) mass is 297 g/mol. The Morgan fingerprint density at radius 3 is 3.05 bits per heavy atom. The van der Waals surface area contributed by atoms with Gasteiger partial charge in [0.2, 0.25) is 0 Å². The van der Waals surface area contributed by atoms with Gasteiger partial charge in [-0.05, 0) is 37.5 Å². The van der Waals surface area contributed by atoms with Gasteiger partial charge in [0.25, 0.3) is 5.91 Å². The number of halogens is 1. The quantitative estimate of drug-likeness (QED) is 0.929. The van der Waals surface area contributed by atoms with Gasteiger partial charge in [-0.25, -0.2) is 0 Å². The highest BCUT2D eigenvalue weighted by Gasteiger charge is 2.25. The molecule has 0 saturated carbocycles. The Morgan fingerprint density at radius 1 is 1.55 bits per heavy atom. The summed E-state index contributed by atoms with van der Waals surface area (Å²) in [7, 11) is 0. The maximum atomic E-state index is 12.6. The zero-order valence-corrected chi connectivity index (χ0v) is 12.4. The van der Waals surface area contributed by atoms with Crippen molar-refractivity contribution in [1.29, 1.82) is 0 Å². The number of benzene rings is 1. The molecule has 2 rings (SSSR count). The lowest BCUT2D eigenvalue weighted by molar-refractivity contribution is 0.0470. The lowest BCUT2D eigenvalue weighted by Crippen LogP contribution is -2.42. The molecule has 5 heteroatoms. The van der Waals surface area contributed by atoms with Gasteiger partial charge in [-0.3, -0.25) is 4.79 Å². The van der Waals surface area contributed by atoms with Gasteiger partial charge in [0.05, 0.1) is 18.3 Å². The number of aliphatic hydroxyl groups is 1. The maximum Gasteiger partial charge on any atom is 0.257 e. The molecule has 110 valence electrons. The van der Waals surface area contributed by atoms with Crippen LogP contribution in [0.2, 0.25) is 5.02 Å². The summed E-state index contributed by atoms with van der Waals surface area (Å²) in [6.45, 7) is 3.61. The highest BCUT2D eigenvalue weighted by molar-refractivity contribution is 6.31. The Kier molecular flexibility index (Phi) is 5.26. The average Bonchev–Trinajstić information content (AvgIpc) is 2.45. The third kappa shape index (κ3) is 3.64. The van der Waals surface area contributed by atoms with Gasteiger partial charge in [0.15, 0.2) is 0 Å². The zero-order valence-electron chi connectivity index (χ0n) is 11.6. The van der Waals surface area contributed by atoms with Crippen molar-refractivity contribution in [3.05, 3.63) is 28.8 Å². The highest BCUT2D eigenvalue weighted by atomic mass is 35.5. The van der Waals surface area contributed by atoms with E-state index in [1.54, 1.807) is 23.1 Å². The minimum Gasteiger partial charge on any atom is -0.493 e. The summed E-state index contributed by atoms with van der Waals surface area (Å²) in [6.07, 6.45) is 2.00. The second-order valence-electron chi connectivity index (χ2n) is 5.04. The predicted octanol–water partition coefficient (Wildman–Crippen LogP) is 2.73.